The van der Waals surface area contributed by atoms with Crippen molar-refractivity contribution in [3.63, 3.8) is 0 Å². The topological polar surface area (TPSA) is 63.4 Å². The molecule has 23 heavy (non-hydrogen) atoms. The van der Waals surface area contributed by atoms with Crippen LogP contribution in [0.2, 0.25) is 0 Å². The Morgan fingerprint density at radius 3 is 2.61 bits per heavy atom. The minimum Gasteiger partial charge on any atom is -0.326 e. The highest BCUT2D eigenvalue weighted by molar-refractivity contribution is 7.91. The number of nitrogens with zero attached hydrogens (tertiary/aromatic N) is 1. The van der Waals surface area contributed by atoms with Gasteiger partial charge in [0.25, 0.3) is 0 Å². The third kappa shape index (κ3) is 4.52. The van der Waals surface area contributed by atoms with E-state index in [2.05, 4.69) is 4.90 Å². The lowest BCUT2D eigenvalue weighted by Gasteiger charge is -2.35. The quantitative estimate of drug-likeness (QED) is 0.901. The third-order valence-corrected chi connectivity index (χ3v) is 6.88. The lowest BCUT2D eigenvalue weighted by atomic mass is 9.90. The molecule has 0 bridgehead atoms. The van der Waals surface area contributed by atoms with Crippen molar-refractivity contribution in [3.05, 3.63) is 35.6 Å². The van der Waals surface area contributed by atoms with Gasteiger partial charge in [-0.15, -0.1) is 0 Å². The van der Waals surface area contributed by atoms with E-state index in [1.165, 1.54) is 24.1 Å². The molecule has 3 rings (SSSR count). The van der Waals surface area contributed by atoms with E-state index >= 15 is 0 Å². The van der Waals surface area contributed by atoms with Crippen LogP contribution in [0.1, 0.15) is 18.4 Å². The smallest absolute Gasteiger partial charge is 0.152 e. The molecule has 1 aromatic carbocycles. The highest BCUT2D eigenvalue weighted by Gasteiger charge is 2.36. The minimum atomic E-state index is -2.95. The fraction of sp³-hybridized carbons (Fsp3) is 0.647. The summed E-state index contributed by atoms with van der Waals surface area (Å²) in [7, 11) is -2.95. The van der Waals surface area contributed by atoms with Gasteiger partial charge in [-0.1, -0.05) is 12.1 Å². The van der Waals surface area contributed by atoms with Gasteiger partial charge in [0.1, 0.15) is 5.82 Å². The summed E-state index contributed by atoms with van der Waals surface area (Å²) in [5.74, 6) is 0.765. The molecule has 2 saturated heterocycles. The molecule has 6 heteroatoms. The van der Waals surface area contributed by atoms with Crippen LogP contribution in [-0.2, 0) is 16.3 Å². The van der Waals surface area contributed by atoms with E-state index in [1.54, 1.807) is 0 Å². The first-order valence-electron chi connectivity index (χ1n) is 8.34. The Balaban J connectivity index is 1.55. The molecule has 0 aromatic heterocycles. The number of likely N-dealkylation sites (tertiary alicyclic amines) is 1. The van der Waals surface area contributed by atoms with E-state index in [9.17, 15) is 12.8 Å². The van der Waals surface area contributed by atoms with Crippen LogP contribution in [0.25, 0.3) is 0 Å². The molecule has 2 aliphatic heterocycles. The van der Waals surface area contributed by atoms with Crippen molar-refractivity contribution < 1.29 is 12.8 Å². The normalized spacial score (nSPS) is 31.3. The number of sulfone groups is 1. The summed E-state index contributed by atoms with van der Waals surface area (Å²) in [5, 5.41) is 0. The van der Waals surface area contributed by atoms with E-state index in [0.717, 1.165) is 32.5 Å². The van der Waals surface area contributed by atoms with Crippen LogP contribution in [0.3, 0.4) is 0 Å². The standard InChI is InChI=1S/C17H25FN2O2S/c18-16-5-3-13(4-6-16)8-14-2-1-7-20(9-14)10-15-11-23(21,22)12-17(15)19/h3-6,14-15,17H,1-2,7-12,19H2/t14-,15?,17?/m0/s1. The summed E-state index contributed by atoms with van der Waals surface area (Å²) in [5.41, 5.74) is 7.17. The van der Waals surface area contributed by atoms with Gasteiger partial charge in [0, 0.05) is 25.0 Å². The predicted octanol–water partition coefficient (Wildman–Crippen LogP) is 1.45. The molecule has 0 radical (unpaired) electrons. The predicted molar refractivity (Wildman–Crippen MR) is 89.4 cm³/mol. The Bertz CT molecular complexity index is 632. The third-order valence-electron chi connectivity index (χ3n) is 5.05. The van der Waals surface area contributed by atoms with Gasteiger partial charge in [-0.2, -0.15) is 0 Å². The molecule has 2 heterocycles. The van der Waals surface area contributed by atoms with Crippen LogP contribution < -0.4 is 5.73 Å². The molecule has 2 unspecified atom stereocenters. The summed E-state index contributed by atoms with van der Waals surface area (Å²) in [6.07, 6.45) is 3.25. The molecule has 3 atom stereocenters. The van der Waals surface area contributed by atoms with Crippen molar-refractivity contribution in [2.75, 3.05) is 31.1 Å². The van der Waals surface area contributed by atoms with Crippen LogP contribution in [0, 0.1) is 17.7 Å². The van der Waals surface area contributed by atoms with Gasteiger partial charge in [-0.25, -0.2) is 12.8 Å². The lowest BCUT2D eigenvalue weighted by Crippen LogP contribution is -2.43. The monoisotopic (exact) mass is 340 g/mol. The van der Waals surface area contributed by atoms with Gasteiger partial charge in [0.05, 0.1) is 11.5 Å². The molecule has 2 N–H and O–H groups in total. The van der Waals surface area contributed by atoms with Gasteiger partial charge in [-0.3, -0.25) is 0 Å². The molecule has 0 spiro atoms. The zero-order chi connectivity index (χ0) is 16.4. The van der Waals surface area contributed by atoms with Crippen molar-refractivity contribution >= 4 is 9.84 Å². The molecule has 1 aromatic rings. The van der Waals surface area contributed by atoms with Crippen molar-refractivity contribution in [3.8, 4) is 0 Å². The first-order chi connectivity index (χ1) is 10.9. The van der Waals surface area contributed by atoms with Crippen molar-refractivity contribution in [1.82, 2.24) is 4.90 Å². The number of nitrogens with two attached hydrogens (primary N) is 1. The Morgan fingerprint density at radius 1 is 1.22 bits per heavy atom. The van der Waals surface area contributed by atoms with Crippen LogP contribution >= 0.6 is 0 Å². The summed E-state index contributed by atoms with van der Waals surface area (Å²) in [4.78, 5) is 2.36. The largest absolute Gasteiger partial charge is 0.326 e. The average Bonchev–Trinajstić information content (AvgIpc) is 2.74. The first-order valence-corrected chi connectivity index (χ1v) is 10.2. The van der Waals surface area contributed by atoms with Crippen LogP contribution in [0.5, 0.6) is 0 Å². The Hall–Kier alpha value is -0.980. The molecule has 128 valence electrons. The number of benzene rings is 1. The summed E-state index contributed by atoms with van der Waals surface area (Å²) < 4.78 is 36.4. The highest BCUT2D eigenvalue weighted by Crippen LogP contribution is 2.24. The Labute approximate surface area is 137 Å². The molecule has 0 saturated carbocycles. The van der Waals surface area contributed by atoms with Crippen molar-refractivity contribution in [1.29, 1.82) is 0 Å². The number of rotatable bonds is 4. The second-order valence-corrected chi connectivity index (χ2v) is 9.25. The van der Waals surface area contributed by atoms with Gasteiger partial charge < -0.3 is 10.6 Å². The second kappa shape index (κ2) is 6.87. The zero-order valence-electron chi connectivity index (χ0n) is 13.3. The average molecular weight is 340 g/mol. The lowest BCUT2D eigenvalue weighted by molar-refractivity contribution is 0.152. The van der Waals surface area contributed by atoms with Gasteiger partial charge in [0.2, 0.25) is 0 Å². The number of hydrogen-bond donors (Lipinski definition) is 1. The Kier molecular flexibility index (Phi) is 5.04. The second-order valence-electron chi connectivity index (χ2n) is 7.10. The van der Waals surface area contributed by atoms with E-state index in [-0.39, 0.29) is 29.3 Å². The zero-order valence-corrected chi connectivity index (χ0v) is 14.1. The van der Waals surface area contributed by atoms with Gasteiger partial charge in [0.15, 0.2) is 9.84 Å². The van der Waals surface area contributed by atoms with E-state index in [0.29, 0.717) is 5.92 Å². The maximum atomic E-state index is 13.0. The molecule has 0 aliphatic carbocycles. The molecular formula is C17H25FN2O2S. The fourth-order valence-electron chi connectivity index (χ4n) is 3.90. The Morgan fingerprint density at radius 2 is 1.96 bits per heavy atom. The maximum absolute atomic E-state index is 13.0. The maximum Gasteiger partial charge on any atom is 0.152 e. The van der Waals surface area contributed by atoms with E-state index < -0.39 is 9.84 Å². The van der Waals surface area contributed by atoms with Crippen LogP contribution in [0.15, 0.2) is 24.3 Å². The van der Waals surface area contributed by atoms with Crippen LogP contribution in [-0.4, -0.2) is 50.5 Å². The van der Waals surface area contributed by atoms with E-state index in [4.69, 9.17) is 5.73 Å². The minimum absolute atomic E-state index is 0.0598. The van der Waals surface area contributed by atoms with E-state index in [1.807, 2.05) is 12.1 Å². The fourth-order valence-corrected chi connectivity index (χ4v) is 5.90. The van der Waals surface area contributed by atoms with Crippen molar-refractivity contribution in [2.24, 2.45) is 17.6 Å². The van der Waals surface area contributed by atoms with Crippen molar-refractivity contribution in [2.45, 2.75) is 25.3 Å². The van der Waals surface area contributed by atoms with Crippen LogP contribution in [0.4, 0.5) is 4.39 Å². The molecule has 0 amide bonds. The number of halogens is 1. The summed E-state index contributed by atoms with van der Waals surface area (Å²) in [6, 6.07) is 6.51. The summed E-state index contributed by atoms with van der Waals surface area (Å²) in [6.45, 7) is 2.77. The molecule has 2 aliphatic rings. The first kappa shape index (κ1) is 16.9. The summed E-state index contributed by atoms with van der Waals surface area (Å²) >= 11 is 0. The van der Waals surface area contributed by atoms with Gasteiger partial charge >= 0.3 is 0 Å². The SMILES string of the molecule is NC1CS(=O)(=O)CC1CN1CCC[C@@H](Cc2ccc(F)cc2)C1. The number of piperidine rings is 1. The number of hydrogen-bond acceptors (Lipinski definition) is 4. The molecular weight excluding hydrogens is 315 g/mol. The highest BCUT2D eigenvalue weighted by atomic mass is 32.2. The molecule has 2 fully saturated rings. The molecule has 4 nitrogen and oxygen atoms in total. The van der Waals surface area contributed by atoms with Gasteiger partial charge in [-0.05, 0) is 49.4 Å².